The molecule has 0 aliphatic heterocycles. The quantitative estimate of drug-likeness (QED) is 0.148. The summed E-state index contributed by atoms with van der Waals surface area (Å²) in [7, 11) is 0. The number of para-hydroxylation sites is 2. The van der Waals surface area contributed by atoms with Crippen LogP contribution in [0.15, 0.2) is 267 Å². The Morgan fingerprint density at radius 1 is 0.343 bits per heavy atom. The summed E-state index contributed by atoms with van der Waals surface area (Å²) in [6.07, 6.45) is 0. The number of rotatable bonds is 8. The number of fused-ring (bicyclic) bond motifs is 7. The maximum absolute atomic E-state index is 2.49. The van der Waals surface area contributed by atoms with Crippen molar-refractivity contribution in [2.75, 3.05) is 4.90 Å². The average molecular weight is 853 g/mol. The van der Waals surface area contributed by atoms with Gasteiger partial charge in [0.05, 0.1) is 22.1 Å². The van der Waals surface area contributed by atoms with E-state index in [0.29, 0.717) is 0 Å². The van der Waals surface area contributed by atoms with E-state index < -0.39 is 5.41 Å². The van der Waals surface area contributed by atoms with E-state index in [1.54, 1.807) is 0 Å². The molecule has 0 N–H and O–H groups in total. The zero-order chi connectivity index (χ0) is 44.3. The highest BCUT2D eigenvalue weighted by atomic mass is 15.1. The minimum atomic E-state index is -0.487. The Morgan fingerprint density at radius 3 is 1.67 bits per heavy atom. The highest BCUT2D eigenvalue weighted by Gasteiger charge is 2.46. The molecule has 0 atom stereocenters. The minimum Gasteiger partial charge on any atom is -0.310 e. The molecular formula is C65H44N2. The first-order chi connectivity index (χ1) is 33.3. The summed E-state index contributed by atoms with van der Waals surface area (Å²) in [6, 6.07) is 98.1. The second-order valence-electron chi connectivity index (χ2n) is 17.6. The van der Waals surface area contributed by atoms with Gasteiger partial charge in [0.2, 0.25) is 0 Å². The molecule has 0 unspecified atom stereocenters. The number of hydrogen-bond donors (Lipinski definition) is 0. The van der Waals surface area contributed by atoms with Crippen LogP contribution in [-0.4, -0.2) is 4.57 Å². The molecular weight excluding hydrogens is 809 g/mol. The maximum atomic E-state index is 2.49. The van der Waals surface area contributed by atoms with Crippen LogP contribution in [0.4, 0.5) is 17.1 Å². The lowest BCUT2D eigenvalue weighted by Crippen LogP contribution is -2.28. The highest BCUT2D eigenvalue weighted by molar-refractivity contribution is 6.17. The van der Waals surface area contributed by atoms with Gasteiger partial charge in [-0.05, 0) is 121 Å². The summed E-state index contributed by atoms with van der Waals surface area (Å²) in [5, 5.41) is 4.90. The predicted molar refractivity (Wildman–Crippen MR) is 281 cm³/mol. The van der Waals surface area contributed by atoms with Gasteiger partial charge in [-0.2, -0.15) is 0 Å². The van der Waals surface area contributed by atoms with Gasteiger partial charge in [0.25, 0.3) is 0 Å². The summed E-state index contributed by atoms with van der Waals surface area (Å²) < 4.78 is 2.41. The molecule has 0 amide bonds. The lowest BCUT2D eigenvalue weighted by molar-refractivity contribution is 0.768. The van der Waals surface area contributed by atoms with E-state index in [0.717, 1.165) is 28.3 Å². The third kappa shape index (κ3) is 6.04. The Morgan fingerprint density at radius 2 is 0.925 bits per heavy atom. The number of nitrogens with zero attached hydrogens (tertiary/aromatic N) is 2. The molecule has 2 heteroatoms. The molecule has 1 aliphatic carbocycles. The number of anilines is 3. The highest BCUT2D eigenvalue weighted by Crippen LogP contribution is 2.57. The summed E-state index contributed by atoms with van der Waals surface area (Å²) in [5.41, 5.74) is 18.7. The van der Waals surface area contributed by atoms with Crippen LogP contribution in [0.5, 0.6) is 0 Å². The van der Waals surface area contributed by atoms with Crippen LogP contribution in [0, 0.1) is 0 Å². The third-order valence-corrected chi connectivity index (χ3v) is 14.1. The molecule has 0 saturated carbocycles. The molecule has 1 aromatic heterocycles. The number of aromatic nitrogens is 1. The van der Waals surface area contributed by atoms with Crippen molar-refractivity contribution in [2.45, 2.75) is 5.41 Å². The van der Waals surface area contributed by atoms with Crippen LogP contribution in [0.1, 0.15) is 22.3 Å². The molecule has 12 aromatic rings. The molecule has 314 valence electrons. The zero-order valence-corrected chi connectivity index (χ0v) is 36.8. The molecule has 0 spiro atoms. The minimum absolute atomic E-state index is 0.487. The molecule has 67 heavy (non-hydrogen) atoms. The van der Waals surface area contributed by atoms with E-state index in [4.69, 9.17) is 0 Å². The molecule has 0 saturated heterocycles. The number of hydrogen-bond acceptors (Lipinski definition) is 1. The van der Waals surface area contributed by atoms with Gasteiger partial charge in [-0.25, -0.2) is 0 Å². The van der Waals surface area contributed by atoms with Gasteiger partial charge >= 0.3 is 0 Å². The SMILES string of the molecule is c1ccc(-c2c(-c3ccc(N(c4ccc5c(c4)-c4ccccc4C5(c4ccccc4)c4ccccc4)c4cccc5c4c4ccccc4n5-c4ccccc4)cc3)ccc3ccccc23)cc1. The van der Waals surface area contributed by atoms with Gasteiger partial charge in [-0.3, -0.25) is 0 Å². The van der Waals surface area contributed by atoms with Gasteiger partial charge in [-0.1, -0.05) is 212 Å². The van der Waals surface area contributed by atoms with Crippen molar-refractivity contribution in [2.24, 2.45) is 0 Å². The topological polar surface area (TPSA) is 8.17 Å². The Kier molecular flexibility index (Phi) is 9.11. The monoisotopic (exact) mass is 852 g/mol. The van der Waals surface area contributed by atoms with E-state index in [-0.39, 0.29) is 0 Å². The summed E-state index contributed by atoms with van der Waals surface area (Å²) in [4.78, 5) is 2.49. The normalized spacial score (nSPS) is 12.6. The fraction of sp³-hybridized carbons (Fsp3) is 0.0154. The van der Waals surface area contributed by atoms with E-state index in [1.165, 1.54) is 82.7 Å². The van der Waals surface area contributed by atoms with Crippen molar-refractivity contribution in [3.8, 4) is 39.1 Å². The molecule has 0 fully saturated rings. The van der Waals surface area contributed by atoms with Crippen LogP contribution < -0.4 is 4.90 Å². The van der Waals surface area contributed by atoms with E-state index >= 15 is 0 Å². The lowest BCUT2D eigenvalue weighted by Gasteiger charge is -2.34. The van der Waals surface area contributed by atoms with E-state index in [2.05, 4.69) is 276 Å². The first kappa shape index (κ1) is 38.7. The Balaban J connectivity index is 1.06. The van der Waals surface area contributed by atoms with Gasteiger partial charge in [0.1, 0.15) is 0 Å². The number of benzene rings is 11. The second kappa shape index (κ2) is 15.8. The molecule has 0 bridgehead atoms. The third-order valence-electron chi connectivity index (χ3n) is 14.1. The first-order valence-electron chi connectivity index (χ1n) is 23.2. The molecule has 1 heterocycles. The largest absolute Gasteiger partial charge is 0.310 e. The molecule has 0 radical (unpaired) electrons. The fourth-order valence-electron chi connectivity index (χ4n) is 11.3. The average Bonchev–Trinajstić information content (AvgIpc) is 3.91. The van der Waals surface area contributed by atoms with E-state index in [9.17, 15) is 0 Å². The van der Waals surface area contributed by atoms with Crippen molar-refractivity contribution in [3.05, 3.63) is 289 Å². The van der Waals surface area contributed by atoms with Crippen molar-refractivity contribution < 1.29 is 0 Å². The van der Waals surface area contributed by atoms with Gasteiger partial charge in [-0.15, -0.1) is 0 Å². The van der Waals surface area contributed by atoms with Crippen LogP contribution in [0.2, 0.25) is 0 Å². The van der Waals surface area contributed by atoms with Crippen molar-refractivity contribution >= 4 is 49.6 Å². The molecule has 2 nitrogen and oxygen atoms in total. The summed E-state index contributed by atoms with van der Waals surface area (Å²) >= 11 is 0. The van der Waals surface area contributed by atoms with Crippen LogP contribution >= 0.6 is 0 Å². The Labute approximate surface area is 390 Å². The van der Waals surface area contributed by atoms with Gasteiger partial charge in [0, 0.05) is 27.8 Å². The Hall–Kier alpha value is -8.72. The van der Waals surface area contributed by atoms with Gasteiger partial charge < -0.3 is 9.47 Å². The van der Waals surface area contributed by atoms with Crippen molar-refractivity contribution in [3.63, 3.8) is 0 Å². The van der Waals surface area contributed by atoms with Crippen LogP contribution in [-0.2, 0) is 5.41 Å². The molecule has 1 aliphatic rings. The van der Waals surface area contributed by atoms with E-state index in [1.807, 2.05) is 0 Å². The van der Waals surface area contributed by atoms with Crippen molar-refractivity contribution in [1.82, 2.24) is 4.57 Å². The predicted octanol–water partition coefficient (Wildman–Crippen LogP) is 17.1. The second-order valence-corrected chi connectivity index (χ2v) is 17.6. The summed E-state index contributed by atoms with van der Waals surface area (Å²) in [6.45, 7) is 0. The van der Waals surface area contributed by atoms with Crippen molar-refractivity contribution in [1.29, 1.82) is 0 Å². The first-order valence-corrected chi connectivity index (χ1v) is 23.2. The zero-order valence-electron chi connectivity index (χ0n) is 36.8. The fourth-order valence-corrected chi connectivity index (χ4v) is 11.3. The van der Waals surface area contributed by atoms with Crippen LogP contribution in [0.25, 0.3) is 71.6 Å². The van der Waals surface area contributed by atoms with Crippen LogP contribution in [0.3, 0.4) is 0 Å². The maximum Gasteiger partial charge on any atom is 0.0713 e. The molecule has 13 rings (SSSR count). The molecule has 11 aromatic carbocycles. The van der Waals surface area contributed by atoms with Gasteiger partial charge in [0.15, 0.2) is 0 Å². The lowest BCUT2D eigenvalue weighted by atomic mass is 9.68. The Bertz CT molecular complexity index is 3740. The smallest absolute Gasteiger partial charge is 0.0713 e. The standard InChI is InChI=1S/C65H44N2/c1-5-21-47(22-6-1)63-53-29-14-13-20-45(53)38-42-54(63)46-36-39-51(40-37-46)66(61-34-19-35-62-64(61)56-31-16-18-33-60(56)67(62)50-27-11-4-12-28-50)52-41-43-59-57(44-52)55-30-15-17-32-58(55)65(59,48-23-7-2-8-24-48)49-25-9-3-10-26-49/h1-44H. The summed E-state index contributed by atoms with van der Waals surface area (Å²) in [5.74, 6) is 0.